The van der Waals surface area contributed by atoms with E-state index in [2.05, 4.69) is 17.2 Å². The molecule has 0 aliphatic rings. The molecule has 1 rings (SSSR count). The first-order chi connectivity index (χ1) is 7.04. The van der Waals surface area contributed by atoms with E-state index in [9.17, 15) is 19.8 Å². The molecular weight excluding hydrogens is 264 g/mol. The van der Waals surface area contributed by atoms with Gasteiger partial charge in [0, 0.05) is 0 Å². The van der Waals surface area contributed by atoms with Gasteiger partial charge in [0.25, 0.3) is 0 Å². The first-order valence-electron chi connectivity index (χ1n) is 3.70. The Morgan fingerprint density at radius 2 is 1.47 bits per heavy atom. The van der Waals surface area contributed by atoms with Crippen molar-refractivity contribution in [1.29, 1.82) is 0 Å². The zero-order valence-corrected chi connectivity index (χ0v) is 14.0. The standard InChI is InChI=1S/C9H5NO4S.2Na/c11-8(12)5-1-6(9(13)14)3-7(2-5)10-4-15;;/h1-3H,(H,11,12)(H,13,14);;/q;2*+1/p-2. The second kappa shape index (κ2) is 8.97. The van der Waals surface area contributed by atoms with Crippen molar-refractivity contribution in [1.82, 2.24) is 0 Å². The van der Waals surface area contributed by atoms with Gasteiger partial charge in [0.15, 0.2) is 0 Å². The van der Waals surface area contributed by atoms with E-state index in [1.54, 1.807) is 0 Å². The Bertz CT molecular complexity index is 423. The maximum absolute atomic E-state index is 10.5. The smallest absolute Gasteiger partial charge is 0.545 e. The van der Waals surface area contributed by atoms with E-state index < -0.39 is 11.9 Å². The van der Waals surface area contributed by atoms with Crippen LogP contribution >= 0.6 is 12.2 Å². The van der Waals surface area contributed by atoms with Gasteiger partial charge in [-0.15, -0.1) is 0 Å². The fourth-order valence-electron chi connectivity index (χ4n) is 0.964. The number of rotatable bonds is 3. The minimum absolute atomic E-state index is 0. The van der Waals surface area contributed by atoms with Crippen LogP contribution in [-0.4, -0.2) is 17.1 Å². The number of carboxylic acid groups (broad SMARTS) is 2. The average molecular weight is 267 g/mol. The molecule has 0 aliphatic heterocycles. The summed E-state index contributed by atoms with van der Waals surface area (Å²) < 4.78 is 0. The average Bonchev–Trinajstić information content (AvgIpc) is 2.17. The number of isothiocyanates is 1. The number of hydrogen-bond donors (Lipinski definition) is 0. The molecule has 76 valence electrons. The molecule has 0 aromatic heterocycles. The third-order valence-electron chi connectivity index (χ3n) is 1.56. The van der Waals surface area contributed by atoms with Gasteiger partial charge in [-0.2, -0.15) is 4.99 Å². The zero-order valence-electron chi connectivity index (χ0n) is 9.22. The number of carbonyl (C=O) groups excluding carboxylic acids is 2. The van der Waals surface area contributed by atoms with Gasteiger partial charge in [-0.3, -0.25) is 0 Å². The second-order valence-corrected chi connectivity index (χ2v) is 2.73. The van der Waals surface area contributed by atoms with E-state index in [4.69, 9.17) is 0 Å². The van der Waals surface area contributed by atoms with Crippen LogP contribution in [0.3, 0.4) is 0 Å². The largest absolute Gasteiger partial charge is 1.00 e. The summed E-state index contributed by atoms with van der Waals surface area (Å²) in [7, 11) is 0. The first-order valence-corrected chi connectivity index (χ1v) is 4.11. The topological polar surface area (TPSA) is 92.6 Å². The molecule has 17 heavy (non-hydrogen) atoms. The molecule has 0 heterocycles. The van der Waals surface area contributed by atoms with Crippen LogP contribution in [0.2, 0.25) is 0 Å². The van der Waals surface area contributed by atoms with Gasteiger partial charge in [0.2, 0.25) is 0 Å². The van der Waals surface area contributed by atoms with Crippen molar-refractivity contribution < 1.29 is 78.9 Å². The molecule has 0 atom stereocenters. The number of carbonyl (C=O) groups is 2. The Morgan fingerprint density at radius 1 is 1.06 bits per heavy atom. The molecule has 5 nitrogen and oxygen atoms in total. The van der Waals surface area contributed by atoms with E-state index in [1.807, 2.05) is 5.16 Å². The summed E-state index contributed by atoms with van der Waals surface area (Å²) in [4.78, 5) is 24.5. The van der Waals surface area contributed by atoms with Crippen molar-refractivity contribution in [3.05, 3.63) is 29.3 Å². The van der Waals surface area contributed by atoms with Crippen molar-refractivity contribution in [2.45, 2.75) is 0 Å². The second-order valence-electron chi connectivity index (χ2n) is 2.55. The number of thiocarbonyl (C=S) groups is 1. The molecule has 0 fully saturated rings. The summed E-state index contributed by atoms with van der Waals surface area (Å²) in [6.45, 7) is 0. The van der Waals surface area contributed by atoms with Gasteiger partial charge >= 0.3 is 59.1 Å². The molecule has 8 heteroatoms. The molecule has 0 saturated heterocycles. The number of benzene rings is 1. The molecule has 1 aromatic rings. The molecule has 0 bridgehead atoms. The Morgan fingerprint density at radius 3 is 1.76 bits per heavy atom. The normalized spacial score (nSPS) is 8.00. The first kappa shape index (κ1) is 19.3. The fraction of sp³-hybridized carbons (Fsp3) is 0. The van der Waals surface area contributed by atoms with E-state index in [1.165, 1.54) is 0 Å². The van der Waals surface area contributed by atoms with Crippen LogP contribution in [0.15, 0.2) is 23.2 Å². The SMILES string of the molecule is O=C([O-])c1cc(N=C=S)cc(C(=O)[O-])c1.[Na+].[Na+]. The quantitative estimate of drug-likeness (QED) is 0.308. The Labute approximate surface area is 147 Å². The van der Waals surface area contributed by atoms with Crippen LogP contribution in [0, 0.1) is 0 Å². The van der Waals surface area contributed by atoms with Crippen molar-refractivity contribution in [3.8, 4) is 0 Å². The fourth-order valence-corrected chi connectivity index (χ4v) is 1.07. The van der Waals surface area contributed by atoms with Crippen LogP contribution in [0.1, 0.15) is 20.7 Å². The number of aliphatic imine (C=N–C) groups is 1. The number of aromatic carboxylic acids is 2. The summed E-state index contributed by atoms with van der Waals surface area (Å²) in [5.41, 5.74) is -0.535. The van der Waals surface area contributed by atoms with Gasteiger partial charge in [0.05, 0.1) is 22.8 Å². The number of hydrogen-bond acceptors (Lipinski definition) is 6. The van der Waals surface area contributed by atoms with Gasteiger partial charge < -0.3 is 19.8 Å². The van der Waals surface area contributed by atoms with E-state index in [-0.39, 0.29) is 75.9 Å². The van der Waals surface area contributed by atoms with E-state index in [0.29, 0.717) is 0 Å². The maximum Gasteiger partial charge on any atom is 1.00 e. The van der Waals surface area contributed by atoms with Crippen molar-refractivity contribution in [2.24, 2.45) is 4.99 Å². The third-order valence-corrected chi connectivity index (χ3v) is 1.66. The summed E-state index contributed by atoms with van der Waals surface area (Å²) >= 11 is 4.31. The molecule has 0 amide bonds. The van der Waals surface area contributed by atoms with Gasteiger partial charge in [0.1, 0.15) is 0 Å². The van der Waals surface area contributed by atoms with Gasteiger partial charge in [-0.05, 0) is 41.5 Å². The zero-order chi connectivity index (χ0) is 11.4. The Hall–Kier alpha value is -0.0400. The molecule has 0 radical (unpaired) electrons. The number of nitrogens with zero attached hydrogens (tertiary/aromatic N) is 1. The van der Waals surface area contributed by atoms with Crippen LogP contribution in [0.25, 0.3) is 0 Å². The van der Waals surface area contributed by atoms with E-state index in [0.717, 1.165) is 18.2 Å². The van der Waals surface area contributed by atoms with Crippen LogP contribution < -0.4 is 69.3 Å². The molecular formula is C9H3NNa2O4S. The van der Waals surface area contributed by atoms with Crippen LogP contribution in [-0.2, 0) is 0 Å². The summed E-state index contributed by atoms with van der Waals surface area (Å²) in [5, 5.41) is 23.0. The predicted octanol–water partition coefficient (Wildman–Crippen LogP) is -6.84. The molecule has 0 unspecified atom stereocenters. The van der Waals surface area contributed by atoms with Crippen molar-refractivity contribution in [2.75, 3.05) is 0 Å². The van der Waals surface area contributed by atoms with E-state index >= 15 is 0 Å². The van der Waals surface area contributed by atoms with Gasteiger partial charge in [-0.1, -0.05) is 0 Å². The monoisotopic (exact) mass is 267 g/mol. The minimum Gasteiger partial charge on any atom is -0.545 e. The van der Waals surface area contributed by atoms with Gasteiger partial charge in [-0.25, -0.2) is 0 Å². The van der Waals surface area contributed by atoms with Crippen LogP contribution in [0.4, 0.5) is 5.69 Å². The molecule has 0 saturated carbocycles. The summed E-state index contributed by atoms with van der Waals surface area (Å²) in [6, 6.07) is 3.18. The summed E-state index contributed by atoms with van der Waals surface area (Å²) in [5.74, 6) is -3.00. The van der Waals surface area contributed by atoms with Crippen molar-refractivity contribution in [3.63, 3.8) is 0 Å². The molecule has 0 aliphatic carbocycles. The van der Waals surface area contributed by atoms with Crippen LogP contribution in [0.5, 0.6) is 0 Å². The minimum atomic E-state index is -1.50. The summed E-state index contributed by atoms with van der Waals surface area (Å²) in [6.07, 6.45) is 0. The Balaban J connectivity index is 0. The number of carboxylic acids is 2. The molecule has 1 aromatic carbocycles. The maximum atomic E-state index is 10.5. The molecule has 0 spiro atoms. The predicted molar refractivity (Wildman–Crippen MR) is 49.8 cm³/mol. The third kappa shape index (κ3) is 5.90. The van der Waals surface area contributed by atoms with Crippen molar-refractivity contribution >= 4 is 35.0 Å². The Kier molecular flexibility index (Phi) is 10.2. The molecule has 0 N–H and O–H groups in total.